The number of benzene rings is 8. The van der Waals surface area contributed by atoms with E-state index in [1.165, 1.54) is 140 Å². The van der Waals surface area contributed by atoms with Gasteiger partial charge in [-0.1, -0.05) is 187 Å². The summed E-state index contributed by atoms with van der Waals surface area (Å²) in [6.45, 7) is 4.66. The average molecular weight is 819 g/mol. The number of hydrogen-bond donors (Lipinski definition) is 0. The summed E-state index contributed by atoms with van der Waals surface area (Å²) in [6, 6.07) is 72.4. The first-order valence-corrected chi connectivity index (χ1v) is 23.6. The summed E-state index contributed by atoms with van der Waals surface area (Å²) in [5.41, 5.74) is 18.0. The molecule has 0 radical (unpaired) electrons. The second-order valence-corrected chi connectivity index (χ2v) is 17.7. The zero-order valence-electron chi connectivity index (χ0n) is 36.9. The molecule has 0 fully saturated rings. The third-order valence-corrected chi connectivity index (χ3v) is 13.8. The Morgan fingerprint density at radius 3 is 1.59 bits per heavy atom. The lowest BCUT2D eigenvalue weighted by molar-refractivity contribution is 0.401. The van der Waals surface area contributed by atoms with Crippen molar-refractivity contribution in [3.63, 3.8) is 0 Å². The second-order valence-electron chi connectivity index (χ2n) is 17.7. The molecule has 10 rings (SSSR count). The fraction of sp³-hybridized carbons (Fsp3) is 0.213. The molecule has 0 amide bonds. The van der Waals surface area contributed by atoms with Crippen molar-refractivity contribution in [2.24, 2.45) is 0 Å². The predicted octanol–water partition coefficient (Wildman–Crippen LogP) is 17.8. The molecule has 1 heterocycles. The van der Waals surface area contributed by atoms with Crippen molar-refractivity contribution in [3.05, 3.63) is 205 Å². The minimum atomic E-state index is -0.0782. The van der Waals surface area contributed by atoms with Crippen molar-refractivity contribution in [1.82, 2.24) is 4.57 Å². The summed E-state index contributed by atoms with van der Waals surface area (Å²) in [4.78, 5) is 2.46. The molecule has 2 heteroatoms. The largest absolute Gasteiger partial charge is 0.310 e. The summed E-state index contributed by atoms with van der Waals surface area (Å²) in [7, 11) is 0. The number of nitrogens with zero attached hydrogens (tertiary/aromatic N) is 2. The van der Waals surface area contributed by atoms with Crippen LogP contribution >= 0.6 is 0 Å². The van der Waals surface area contributed by atoms with Gasteiger partial charge in [-0.15, -0.1) is 0 Å². The lowest BCUT2D eigenvalue weighted by Crippen LogP contribution is -2.26. The predicted molar refractivity (Wildman–Crippen MR) is 270 cm³/mol. The number of aromatic nitrogens is 1. The van der Waals surface area contributed by atoms with E-state index in [4.69, 9.17) is 0 Å². The van der Waals surface area contributed by atoms with Crippen LogP contribution in [-0.2, 0) is 5.41 Å². The van der Waals surface area contributed by atoms with Crippen LogP contribution in [0.5, 0.6) is 0 Å². The van der Waals surface area contributed by atoms with Crippen LogP contribution in [0.4, 0.5) is 17.1 Å². The quantitative estimate of drug-likeness (QED) is 0.0882. The molecule has 0 unspecified atom stereocenters. The summed E-state index contributed by atoms with van der Waals surface area (Å²) in [5.74, 6) is 0. The first-order chi connectivity index (χ1) is 31.2. The van der Waals surface area contributed by atoms with E-state index >= 15 is 0 Å². The Bertz CT molecular complexity index is 2950. The number of hydrogen-bond acceptors (Lipinski definition) is 1. The number of unbranched alkanes of at least 4 members (excludes halogenated alkanes) is 6. The molecular weight excluding hydrogens is 761 g/mol. The Labute approximate surface area is 374 Å². The topological polar surface area (TPSA) is 8.17 Å². The van der Waals surface area contributed by atoms with Gasteiger partial charge in [-0.25, -0.2) is 0 Å². The SMILES string of the molecule is CCCCCCC1(CCCCCC)c2cc(-c3ccc4c(c3)c3ccccc3n4-c3ccccc3)ccc2-c2ccc(N(c3ccccc3)c3ccc(-c4ccccc4)cc3)cc21. The standard InChI is InChI=1S/C61H58N2/c1-3-5-7-20-40-61(41-21-8-6-4-2)57-43-48(47-33-39-60-56(42-47)55-28-18-19-29-59(55)63(60)50-26-16-11-17-27-50)32-37-53(57)54-38-36-52(44-58(54)61)62(49-24-14-10-15-25-49)51-34-30-46(31-35-51)45-22-12-9-13-23-45/h9-19,22-39,42-44H,3-8,20-21,40-41H2,1-2H3. The maximum Gasteiger partial charge on any atom is 0.0541 e. The highest BCUT2D eigenvalue weighted by Crippen LogP contribution is 2.56. The van der Waals surface area contributed by atoms with Crippen LogP contribution in [0.2, 0.25) is 0 Å². The Morgan fingerprint density at radius 2 is 0.889 bits per heavy atom. The van der Waals surface area contributed by atoms with Crippen molar-refractivity contribution in [2.45, 2.75) is 83.5 Å². The van der Waals surface area contributed by atoms with E-state index in [1.54, 1.807) is 0 Å². The molecule has 312 valence electrons. The van der Waals surface area contributed by atoms with E-state index in [-0.39, 0.29) is 5.41 Å². The van der Waals surface area contributed by atoms with Crippen LogP contribution in [0.15, 0.2) is 194 Å². The molecule has 0 aliphatic heterocycles. The number of anilines is 3. The zero-order valence-corrected chi connectivity index (χ0v) is 36.9. The van der Waals surface area contributed by atoms with Crippen LogP contribution in [0.3, 0.4) is 0 Å². The molecule has 1 aliphatic carbocycles. The second kappa shape index (κ2) is 18.0. The molecule has 0 bridgehead atoms. The number of rotatable bonds is 16. The van der Waals surface area contributed by atoms with Crippen molar-refractivity contribution < 1.29 is 0 Å². The number of fused-ring (bicyclic) bond motifs is 6. The van der Waals surface area contributed by atoms with Crippen LogP contribution in [0, 0.1) is 0 Å². The first-order valence-electron chi connectivity index (χ1n) is 23.6. The molecule has 0 saturated carbocycles. The van der Waals surface area contributed by atoms with Gasteiger partial charge < -0.3 is 9.47 Å². The Hall–Kier alpha value is -6.64. The van der Waals surface area contributed by atoms with Crippen LogP contribution in [0.1, 0.15) is 89.2 Å². The lowest BCUT2D eigenvalue weighted by Gasteiger charge is -2.34. The molecule has 9 aromatic rings. The van der Waals surface area contributed by atoms with Crippen LogP contribution in [0.25, 0.3) is 60.9 Å². The number of para-hydroxylation sites is 3. The van der Waals surface area contributed by atoms with Gasteiger partial charge >= 0.3 is 0 Å². The molecule has 0 atom stereocenters. The van der Waals surface area contributed by atoms with E-state index in [0.29, 0.717) is 0 Å². The highest BCUT2D eigenvalue weighted by Gasteiger charge is 2.43. The molecular formula is C61H58N2. The molecule has 8 aromatic carbocycles. The summed E-state index contributed by atoms with van der Waals surface area (Å²) >= 11 is 0. The van der Waals surface area contributed by atoms with Gasteiger partial charge in [0.2, 0.25) is 0 Å². The third-order valence-electron chi connectivity index (χ3n) is 13.8. The van der Waals surface area contributed by atoms with E-state index in [2.05, 4.69) is 217 Å². The van der Waals surface area contributed by atoms with Gasteiger partial charge in [0.1, 0.15) is 0 Å². The monoisotopic (exact) mass is 818 g/mol. The smallest absolute Gasteiger partial charge is 0.0541 e. The van der Waals surface area contributed by atoms with Gasteiger partial charge in [0, 0.05) is 38.9 Å². The van der Waals surface area contributed by atoms with Gasteiger partial charge in [-0.3, -0.25) is 0 Å². The molecule has 0 N–H and O–H groups in total. The Morgan fingerprint density at radius 1 is 0.381 bits per heavy atom. The van der Waals surface area contributed by atoms with Crippen LogP contribution < -0.4 is 4.90 Å². The maximum absolute atomic E-state index is 2.60. The summed E-state index contributed by atoms with van der Waals surface area (Å²) in [6.07, 6.45) is 12.3. The van der Waals surface area contributed by atoms with Crippen molar-refractivity contribution in [3.8, 4) is 39.1 Å². The van der Waals surface area contributed by atoms with Gasteiger partial charge in [-0.2, -0.15) is 0 Å². The van der Waals surface area contributed by atoms with Gasteiger partial charge in [-0.05, 0) is 130 Å². The van der Waals surface area contributed by atoms with Crippen molar-refractivity contribution in [2.75, 3.05) is 4.90 Å². The van der Waals surface area contributed by atoms with E-state index in [0.717, 1.165) is 12.8 Å². The Balaban J connectivity index is 1.11. The fourth-order valence-electron chi connectivity index (χ4n) is 10.6. The minimum Gasteiger partial charge on any atom is -0.310 e. The highest BCUT2D eigenvalue weighted by molar-refractivity contribution is 6.10. The van der Waals surface area contributed by atoms with E-state index < -0.39 is 0 Å². The molecule has 0 saturated heterocycles. The highest BCUT2D eigenvalue weighted by atomic mass is 15.1. The molecule has 0 spiro atoms. The summed E-state index contributed by atoms with van der Waals surface area (Å²) in [5, 5.41) is 2.58. The zero-order chi connectivity index (χ0) is 42.6. The van der Waals surface area contributed by atoms with Crippen LogP contribution in [-0.4, -0.2) is 4.57 Å². The van der Waals surface area contributed by atoms with Gasteiger partial charge in [0.25, 0.3) is 0 Å². The minimum absolute atomic E-state index is 0.0782. The summed E-state index contributed by atoms with van der Waals surface area (Å²) < 4.78 is 2.42. The van der Waals surface area contributed by atoms with Gasteiger partial charge in [0.15, 0.2) is 0 Å². The van der Waals surface area contributed by atoms with Crippen molar-refractivity contribution >= 4 is 38.9 Å². The average Bonchev–Trinajstić information content (AvgIpc) is 3.82. The maximum atomic E-state index is 2.60. The van der Waals surface area contributed by atoms with E-state index in [9.17, 15) is 0 Å². The first kappa shape index (κ1) is 40.4. The lowest BCUT2D eigenvalue weighted by atomic mass is 9.70. The van der Waals surface area contributed by atoms with Gasteiger partial charge in [0.05, 0.1) is 11.0 Å². The molecule has 63 heavy (non-hydrogen) atoms. The normalized spacial score (nSPS) is 12.7. The van der Waals surface area contributed by atoms with E-state index in [1.807, 2.05) is 0 Å². The molecule has 1 aliphatic rings. The fourth-order valence-corrected chi connectivity index (χ4v) is 10.6. The Kier molecular flexibility index (Phi) is 11.5. The third kappa shape index (κ3) is 7.67. The molecule has 2 nitrogen and oxygen atoms in total. The van der Waals surface area contributed by atoms with Crippen molar-refractivity contribution in [1.29, 1.82) is 0 Å². The molecule has 1 aromatic heterocycles.